The molecule has 2 bridgehead atoms. The number of nitrogens with zero attached hydrogens (tertiary/aromatic N) is 1. The van der Waals surface area contributed by atoms with Crippen molar-refractivity contribution >= 4 is 46.6 Å². The number of amides is 3. The van der Waals surface area contributed by atoms with Crippen LogP contribution >= 0.6 is 23.2 Å². The van der Waals surface area contributed by atoms with Crippen LogP contribution in [-0.4, -0.2) is 28.7 Å². The Morgan fingerprint density at radius 2 is 1.12 bits per heavy atom. The van der Waals surface area contributed by atoms with Gasteiger partial charge in [0.1, 0.15) is 27.3 Å². The van der Waals surface area contributed by atoms with Crippen LogP contribution in [0.5, 0.6) is 11.5 Å². The summed E-state index contributed by atoms with van der Waals surface area (Å²) in [5, 5.41) is 2.90. The molecule has 0 radical (unpaired) electrons. The van der Waals surface area contributed by atoms with E-state index in [1.807, 2.05) is 92.7 Å². The fourth-order valence-corrected chi connectivity index (χ4v) is 8.23. The monoisotopic (exact) mass is 610 g/mol. The van der Waals surface area contributed by atoms with E-state index in [9.17, 15) is 14.4 Å². The van der Waals surface area contributed by atoms with Crippen molar-refractivity contribution in [3.8, 4) is 11.5 Å². The number of carbonyl (C=O) groups excluding carboxylic acids is 3. The van der Waals surface area contributed by atoms with Crippen molar-refractivity contribution in [2.24, 2.45) is 17.8 Å². The summed E-state index contributed by atoms with van der Waals surface area (Å²) < 4.78 is 5.85. The maximum Gasteiger partial charge on any atom is 0.247 e. The molecular formula is C35H28Cl2N2O4. The van der Waals surface area contributed by atoms with Crippen LogP contribution in [0.4, 0.5) is 5.69 Å². The Labute approximate surface area is 259 Å². The van der Waals surface area contributed by atoms with Gasteiger partial charge in [-0.1, -0.05) is 80.6 Å². The van der Waals surface area contributed by atoms with Gasteiger partial charge in [-0.25, -0.2) is 0 Å². The SMILES string of the molecule is CC(C)[C@@H](C(=O)Nc1ccc(Oc2ccccc2)cc1)N1C(=O)[C@H]2[C@H](C1=O)C1(Cl)c3ccccc3C2(Cl)c2ccccc21. The van der Waals surface area contributed by atoms with Crippen LogP contribution < -0.4 is 10.1 Å². The number of halogens is 2. The highest BCUT2D eigenvalue weighted by Gasteiger charge is 2.73. The van der Waals surface area contributed by atoms with Gasteiger partial charge in [0, 0.05) is 5.69 Å². The first kappa shape index (κ1) is 27.7. The Balaban J connectivity index is 1.22. The van der Waals surface area contributed by atoms with Crippen LogP contribution in [0.2, 0.25) is 0 Å². The minimum Gasteiger partial charge on any atom is -0.457 e. The van der Waals surface area contributed by atoms with Gasteiger partial charge in [0.15, 0.2) is 0 Å². The largest absolute Gasteiger partial charge is 0.457 e. The normalized spacial score (nSPS) is 25.7. The standard InChI is InChI=1S/C35H28Cl2N2O4/c1-20(2)30(31(40)38-21-16-18-23(19-17-21)43-22-10-4-3-5-11-22)39-32(41)28-29(33(39)42)35(37)25-13-7-6-12-24(25)34(28,36)26-14-8-9-15-27(26)35/h3-20,28-30H,1-2H3,(H,38,40)/t28-,29-,30+,34?,35?/m1/s1. The molecule has 1 fully saturated rings. The number of nitrogens with one attached hydrogen (secondary N) is 1. The van der Waals surface area contributed by atoms with Crippen LogP contribution in [0.25, 0.3) is 0 Å². The Morgan fingerprint density at radius 1 is 0.698 bits per heavy atom. The van der Waals surface area contributed by atoms with E-state index in [2.05, 4.69) is 5.32 Å². The minimum atomic E-state index is -1.30. The number of rotatable bonds is 6. The molecule has 0 aromatic heterocycles. The van der Waals surface area contributed by atoms with E-state index < -0.39 is 45.3 Å². The van der Waals surface area contributed by atoms with Gasteiger partial charge in [-0.15, -0.1) is 23.2 Å². The highest BCUT2D eigenvalue weighted by molar-refractivity contribution is 6.36. The molecule has 6 nitrogen and oxygen atoms in total. The van der Waals surface area contributed by atoms with Crippen molar-refractivity contribution in [2.75, 3.05) is 5.32 Å². The average molecular weight is 612 g/mol. The van der Waals surface area contributed by atoms with E-state index in [1.165, 1.54) is 0 Å². The van der Waals surface area contributed by atoms with Crippen LogP contribution in [-0.2, 0) is 24.1 Å². The van der Waals surface area contributed by atoms with Gasteiger partial charge >= 0.3 is 0 Å². The van der Waals surface area contributed by atoms with Gasteiger partial charge < -0.3 is 10.1 Å². The molecule has 3 aliphatic carbocycles. The van der Waals surface area contributed by atoms with Crippen molar-refractivity contribution in [3.05, 3.63) is 125 Å². The van der Waals surface area contributed by atoms with E-state index in [-0.39, 0.29) is 5.92 Å². The molecule has 216 valence electrons. The number of carbonyl (C=O) groups is 3. The number of ether oxygens (including phenoxy) is 1. The molecule has 43 heavy (non-hydrogen) atoms. The zero-order valence-electron chi connectivity index (χ0n) is 23.5. The minimum absolute atomic E-state index is 0.381. The lowest BCUT2D eigenvalue weighted by atomic mass is 9.54. The molecule has 4 aromatic rings. The fourth-order valence-electron chi connectivity index (χ4n) is 7.13. The molecule has 0 saturated carbocycles. The molecule has 4 aromatic carbocycles. The molecule has 8 rings (SSSR count). The number of hydrogen-bond donors (Lipinski definition) is 1. The molecule has 0 unspecified atom stereocenters. The first-order valence-electron chi connectivity index (χ1n) is 14.3. The molecule has 4 aliphatic rings. The van der Waals surface area contributed by atoms with Crippen molar-refractivity contribution in [1.29, 1.82) is 0 Å². The first-order valence-corrected chi connectivity index (χ1v) is 15.0. The third-order valence-corrected chi connectivity index (χ3v) is 10.2. The van der Waals surface area contributed by atoms with Crippen LogP contribution in [0, 0.1) is 17.8 Å². The van der Waals surface area contributed by atoms with Gasteiger partial charge in [0.2, 0.25) is 17.7 Å². The fraction of sp³-hybridized carbons (Fsp3) is 0.229. The van der Waals surface area contributed by atoms with E-state index in [0.717, 1.165) is 27.2 Å². The van der Waals surface area contributed by atoms with Crippen molar-refractivity contribution in [2.45, 2.75) is 29.6 Å². The Hall–Kier alpha value is -4.13. The molecule has 3 atom stereocenters. The zero-order chi connectivity index (χ0) is 30.1. The van der Waals surface area contributed by atoms with Gasteiger partial charge in [-0.05, 0) is 64.6 Å². The van der Waals surface area contributed by atoms with E-state index in [1.54, 1.807) is 24.3 Å². The zero-order valence-corrected chi connectivity index (χ0v) is 25.0. The van der Waals surface area contributed by atoms with Gasteiger partial charge in [0.25, 0.3) is 0 Å². The van der Waals surface area contributed by atoms with Crippen molar-refractivity contribution in [3.63, 3.8) is 0 Å². The van der Waals surface area contributed by atoms with Crippen molar-refractivity contribution < 1.29 is 19.1 Å². The first-order chi connectivity index (χ1) is 20.7. The second-order valence-corrected chi connectivity index (χ2v) is 12.8. The third kappa shape index (κ3) is 3.89. The summed E-state index contributed by atoms with van der Waals surface area (Å²) in [5.41, 5.74) is 3.39. The lowest BCUT2D eigenvalue weighted by Crippen LogP contribution is -2.57. The third-order valence-electron chi connectivity index (χ3n) is 8.90. The summed E-state index contributed by atoms with van der Waals surface area (Å²) in [5.74, 6) is -2.46. The highest BCUT2D eigenvalue weighted by atomic mass is 35.5. The molecule has 8 heteroatoms. The summed E-state index contributed by atoms with van der Waals surface area (Å²) in [6.07, 6.45) is 0. The highest BCUT2D eigenvalue weighted by Crippen LogP contribution is 2.69. The molecular weight excluding hydrogens is 583 g/mol. The van der Waals surface area contributed by atoms with Gasteiger partial charge in [-0.2, -0.15) is 0 Å². The van der Waals surface area contributed by atoms with Crippen LogP contribution in [0.1, 0.15) is 36.1 Å². The summed E-state index contributed by atoms with van der Waals surface area (Å²) in [4.78, 5) is 41.1. The Morgan fingerprint density at radius 3 is 1.56 bits per heavy atom. The van der Waals surface area contributed by atoms with E-state index >= 15 is 0 Å². The smallest absolute Gasteiger partial charge is 0.247 e. The predicted octanol–water partition coefficient (Wildman–Crippen LogP) is 7.04. The molecule has 3 amide bonds. The lowest BCUT2D eigenvalue weighted by Gasteiger charge is -2.54. The molecule has 1 N–H and O–H groups in total. The molecule has 1 heterocycles. The number of likely N-dealkylation sites (tertiary alicyclic amines) is 1. The number of para-hydroxylation sites is 1. The lowest BCUT2D eigenvalue weighted by molar-refractivity contribution is -0.148. The number of alkyl halides is 2. The summed E-state index contributed by atoms with van der Waals surface area (Å²) >= 11 is 15.1. The topological polar surface area (TPSA) is 75.7 Å². The summed E-state index contributed by atoms with van der Waals surface area (Å²) in [6.45, 7) is 3.63. The number of benzene rings is 4. The predicted molar refractivity (Wildman–Crippen MR) is 165 cm³/mol. The molecule has 1 saturated heterocycles. The molecule has 0 spiro atoms. The van der Waals surface area contributed by atoms with Crippen molar-refractivity contribution in [1.82, 2.24) is 4.90 Å². The van der Waals surface area contributed by atoms with Crippen LogP contribution in [0.15, 0.2) is 103 Å². The summed E-state index contributed by atoms with van der Waals surface area (Å²) in [7, 11) is 0. The summed E-state index contributed by atoms with van der Waals surface area (Å²) in [6, 6.07) is 30.2. The molecule has 1 aliphatic heterocycles. The number of anilines is 1. The van der Waals surface area contributed by atoms with Gasteiger partial charge in [-0.3, -0.25) is 19.3 Å². The number of hydrogen-bond acceptors (Lipinski definition) is 4. The average Bonchev–Trinajstić information content (AvgIpc) is 3.28. The maximum absolute atomic E-state index is 14.4. The van der Waals surface area contributed by atoms with E-state index in [4.69, 9.17) is 27.9 Å². The quantitative estimate of drug-likeness (QED) is 0.188. The maximum atomic E-state index is 14.4. The second-order valence-electron chi connectivity index (χ2n) is 11.6. The number of imide groups is 1. The van der Waals surface area contributed by atoms with E-state index in [0.29, 0.717) is 17.2 Å². The second kappa shape index (κ2) is 9.97. The Kier molecular flexibility index (Phi) is 6.42. The Bertz CT molecular complexity index is 1650. The van der Waals surface area contributed by atoms with Crippen LogP contribution in [0.3, 0.4) is 0 Å². The van der Waals surface area contributed by atoms with Gasteiger partial charge in [0.05, 0.1) is 11.8 Å².